The highest BCUT2D eigenvalue weighted by molar-refractivity contribution is 7.09. The lowest BCUT2D eigenvalue weighted by Gasteiger charge is -2.22. The van der Waals surface area contributed by atoms with Gasteiger partial charge in [-0.25, -0.2) is 0 Å². The minimum absolute atomic E-state index is 0.439. The molecule has 0 saturated carbocycles. The summed E-state index contributed by atoms with van der Waals surface area (Å²) in [5.41, 5.74) is 1.88. The standard InChI is InChI=1S/C12H20N2OS/c1-9(2)12-10(3-4-15-12)5-13-6-11-7-14-8-16-11/h7-10,12-13H,3-6H2,1-2H3/t10-,12-/m1/s1. The Hall–Kier alpha value is -0.450. The maximum atomic E-state index is 5.77. The summed E-state index contributed by atoms with van der Waals surface area (Å²) in [5.74, 6) is 1.30. The Labute approximate surface area is 101 Å². The van der Waals surface area contributed by atoms with Crippen LogP contribution in [0.5, 0.6) is 0 Å². The van der Waals surface area contributed by atoms with E-state index in [0.717, 1.165) is 19.7 Å². The van der Waals surface area contributed by atoms with Crippen molar-refractivity contribution >= 4 is 11.3 Å². The van der Waals surface area contributed by atoms with Gasteiger partial charge in [-0.15, -0.1) is 11.3 Å². The normalized spacial score (nSPS) is 25.4. The van der Waals surface area contributed by atoms with Gasteiger partial charge in [-0.05, 0) is 18.3 Å². The minimum atomic E-state index is 0.439. The van der Waals surface area contributed by atoms with E-state index in [2.05, 4.69) is 24.1 Å². The van der Waals surface area contributed by atoms with E-state index >= 15 is 0 Å². The molecular formula is C12H20N2OS. The van der Waals surface area contributed by atoms with Gasteiger partial charge in [0, 0.05) is 30.8 Å². The summed E-state index contributed by atoms with van der Waals surface area (Å²) in [6, 6.07) is 0. The van der Waals surface area contributed by atoms with E-state index in [1.54, 1.807) is 11.3 Å². The third kappa shape index (κ3) is 3.03. The first-order valence-electron chi connectivity index (χ1n) is 5.97. The minimum Gasteiger partial charge on any atom is -0.378 e. The summed E-state index contributed by atoms with van der Waals surface area (Å²) in [4.78, 5) is 5.38. The van der Waals surface area contributed by atoms with Crippen LogP contribution in [0.2, 0.25) is 0 Å². The lowest BCUT2D eigenvalue weighted by molar-refractivity contribution is 0.0539. The molecule has 1 aliphatic heterocycles. The van der Waals surface area contributed by atoms with Gasteiger partial charge in [0.15, 0.2) is 0 Å². The third-order valence-electron chi connectivity index (χ3n) is 3.11. The molecule has 90 valence electrons. The Bertz CT molecular complexity index is 300. The van der Waals surface area contributed by atoms with Crippen molar-refractivity contribution in [1.82, 2.24) is 10.3 Å². The van der Waals surface area contributed by atoms with Gasteiger partial charge in [-0.2, -0.15) is 0 Å². The first-order chi connectivity index (χ1) is 7.77. The summed E-state index contributed by atoms with van der Waals surface area (Å²) < 4.78 is 5.77. The number of nitrogens with zero attached hydrogens (tertiary/aromatic N) is 1. The average Bonchev–Trinajstić information content (AvgIpc) is 2.87. The summed E-state index contributed by atoms with van der Waals surface area (Å²) in [7, 11) is 0. The van der Waals surface area contributed by atoms with Crippen molar-refractivity contribution in [1.29, 1.82) is 0 Å². The van der Waals surface area contributed by atoms with Crippen LogP contribution < -0.4 is 5.32 Å². The predicted octanol–water partition coefficient (Wildman–Crippen LogP) is 2.29. The van der Waals surface area contributed by atoms with E-state index in [9.17, 15) is 0 Å². The fraction of sp³-hybridized carbons (Fsp3) is 0.750. The van der Waals surface area contributed by atoms with Crippen molar-refractivity contribution in [2.75, 3.05) is 13.2 Å². The zero-order chi connectivity index (χ0) is 11.4. The van der Waals surface area contributed by atoms with Crippen LogP contribution in [-0.2, 0) is 11.3 Å². The van der Waals surface area contributed by atoms with Crippen molar-refractivity contribution in [3.63, 3.8) is 0 Å². The second-order valence-electron chi connectivity index (χ2n) is 4.73. The Morgan fingerprint density at radius 2 is 2.50 bits per heavy atom. The largest absolute Gasteiger partial charge is 0.378 e. The molecule has 4 heteroatoms. The van der Waals surface area contributed by atoms with Gasteiger partial charge in [0.2, 0.25) is 0 Å². The first kappa shape index (κ1) is 12.0. The smallest absolute Gasteiger partial charge is 0.0794 e. The Morgan fingerprint density at radius 1 is 1.62 bits per heavy atom. The van der Waals surface area contributed by atoms with Crippen LogP contribution in [0.3, 0.4) is 0 Å². The van der Waals surface area contributed by atoms with Crippen molar-refractivity contribution in [3.05, 3.63) is 16.6 Å². The lowest BCUT2D eigenvalue weighted by Crippen LogP contribution is -2.31. The third-order valence-corrected chi connectivity index (χ3v) is 3.89. The topological polar surface area (TPSA) is 34.1 Å². The summed E-state index contributed by atoms with van der Waals surface area (Å²) in [5, 5.41) is 3.50. The zero-order valence-corrected chi connectivity index (χ0v) is 10.8. The monoisotopic (exact) mass is 240 g/mol. The maximum Gasteiger partial charge on any atom is 0.0794 e. The molecule has 1 N–H and O–H groups in total. The highest BCUT2D eigenvalue weighted by Crippen LogP contribution is 2.26. The second kappa shape index (κ2) is 5.75. The molecule has 16 heavy (non-hydrogen) atoms. The fourth-order valence-corrected chi connectivity index (χ4v) is 2.89. The SMILES string of the molecule is CC(C)[C@H]1OCC[C@@H]1CNCc1cncs1. The molecule has 1 saturated heterocycles. The van der Waals surface area contributed by atoms with Crippen molar-refractivity contribution in [2.24, 2.45) is 11.8 Å². The van der Waals surface area contributed by atoms with Crippen molar-refractivity contribution in [2.45, 2.75) is 32.9 Å². The molecule has 1 fully saturated rings. The Kier molecular flexibility index (Phi) is 4.32. The van der Waals surface area contributed by atoms with Crippen molar-refractivity contribution < 1.29 is 4.74 Å². The van der Waals surface area contributed by atoms with E-state index < -0.39 is 0 Å². The number of aromatic nitrogens is 1. The summed E-state index contributed by atoms with van der Waals surface area (Å²) in [6.45, 7) is 7.40. The Morgan fingerprint density at radius 3 is 3.19 bits per heavy atom. The second-order valence-corrected chi connectivity index (χ2v) is 5.70. The van der Waals surface area contributed by atoms with E-state index in [0.29, 0.717) is 17.9 Å². The van der Waals surface area contributed by atoms with Crippen LogP contribution in [0.4, 0.5) is 0 Å². The molecule has 2 atom stereocenters. The molecule has 0 bridgehead atoms. The molecule has 2 heterocycles. The quantitative estimate of drug-likeness (QED) is 0.857. The number of ether oxygens (including phenoxy) is 1. The molecule has 0 amide bonds. The number of hydrogen-bond donors (Lipinski definition) is 1. The van der Waals surface area contributed by atoms with E-state index in [1.165, 1.54) is 11.3 Å². The molecule has 0 aliphatic carbocycles. The van der Waals surface area contributed by atoms with Gasteiger partial charge in [-0.1, -0.05) is 13.8 Å². The summed E-state index contributed by atoms with van der Waals surface area (Å²) in [6.07, 6.45) is 3.57. The van der Waals surface area contributed by atoms with Crippen LogP contribution in [0.1, 0.15) is 25.1 Å². The highest BCUT2D eigenvalue weighted by Gasteiger charge is 2.29. The molecular weight excluding hydrogens is 220 g/mol. The number of hydrogen-bond acceptors (Lipinski definition) is 4. The first-order valence-corrected chi connectivity index (χ1v) is 6.85. The van der Waals surface area contributed by atoms with Gasteiger partial charge in [0.1, 0.15) is 0 Å². The molecule has 3 nitrogen and oxygen atoms in total. The lowest BCUT2D eigenvalue weighted by atomic mass is 9.93. The van der Waals surface area contributed by atoms with Gasteiger partial charge in [-0.3, -0.25) is 4.98 Å². The summed E-state index contributed by atoms with van der Waals surface area (Å²) >= 11 is 1.71. The number of thiazole rings is 1. The highest BCUT2D eigenvalue weighted by atomic mass is 32.1. The van der Waals surface area contributed by atoms with Gasteiger partial charge < -0.3 is 10.1 Å². The molecule has 0 radical (unpaired) electrons. The molecule has 0 spiro atoms. The van der Waals surface area contributed by atoms with Crippen LogP contribution in [0.15, 0.2) is 11.7 Å². The number of rotatable bonds is 5. The van der Waals surface area contributed by atoms with Crippen LogP contribution in [0, 0.1) is 11.8 Å². The van der Waals surface area contributed by atoms with Gasteiger partial charge in [0.25, 0.3) is 0 Å². The molecule has 1 aromatic heterocycles. The molecule has 1 aromatic rings. The molecule has 1 aliphatic rings. The Balaban J connectivity index is 1.73. The van der Waals surface area contributed by atoms with E-state index in [4.69, 9.17) is 4.74 Å². The number of nitrogens with one attached hydrogen (secondary N) is 1. The van der Waals surface area contributed by atoms with E-state index in [1.807, 2.05) is 11.7 Å². The predicted molar refractivity (Wildman–Crippen MR) is 66.5 cm³/mol. The van der Waals surface area contributed by atoms with Gasteiger partial charge in [0.05, 0.1) is 11.6 Å². The molecule has 2 rings (SSSR count). The zero-order valence-electron chi connectivity index (χ0n) is 9.98. The molecule has 0 unspecified atom stereocenters. The van der Waals surface area contributed by atoms with Gasteiger partial charge >= 0.3 is 0 Å². The van der Waals surface area contributed by atoms with E-state index in [-0.39, 0.29) is 0 Å². The average molecular weight is 240 g/mol. The van der Waals surface area contributed by atoms with Crippen molar-refractivity contribution in [3.8, 4) is 0 Å². The fourth-order valence-electron chi connectivity index (χ4n) is 2.32. The van der Waals surface area contributed by atoms with Crippen LogP contribution in [-0.4, -0.2) is 24.2 Å². The van der Waals surface area contributed by atoms with Crippen LogP contribution in [0.25, 0.3) is 0 Å². The molecule has 0 aromatic carbocycles. The maximum absolute atomic E-state index is 5.77. The van der Waals surface area contributed by atoms with Crippen LogP contribution >= 0.6 is 11.3 Å².